The fraction of sp³-hybridized carbons (Fsp3) is 0.600. The minimum absolute atomic E-state index is 0.305. The van der Waals surface area contributed by atoms with Gasteiger partial charge in [0.25, 0.3) is 0 Å². The predicted molar refractivity (Wildman–Crippen MR) is 74.8 cm³/mol. The Morgan fingerprint density at radius 3 is 2.50 bits per heavy atom. The number of hydrogen-bond acceptors (Lipinski definition) is 3. The van der Waals surface area contributed by atoms with Crippen LogP contribution in [0.1, 0.15) is 44.2 Å². The van der Waals surface area contributed by atoms with Crippen molar-refractivity contribution in [3.8, 4) is 5.75 Å². The number of rotatable bonds is 4. The molecule has 0 aromatic heterocycles. The molecule has 3 atom stereocenters. The Morgan fingerprint density at radius 2 is 1.89 bits per heavy atom. The highest BCUT2D eigenvalue weighted by atomic mass is 16.5. The zero-order chi connectivity index (χ0) is 13.0. The van der Waals surface area contributed by atoms with Crippen molar-refractivity contribution in [2.24, 2.45) is 5.73 Å². The molecule has 1 fully saturated rings. The second-order valence-corrected chi connectivity index (χ2v) is 5.22. The van der Waals surface area contributed by atoms with Gasteiger partial charge in [0.1, 0.15) is 5.75 Å². The third-order valence-corrected chi connectivity index (χ3v) is 3.90. The molecule has 1 saturated carbocycles. The smallest absolute Gasteiger partial charge is 0.118 e. The summed E-state index contributed by atoms with van der Waals surface area (Å²) in [7, 11) is 1.69. The first-order chi connectivity index (χ1) is 8.70. The molecule has 2 rings (SSSR count). The molecule has 3 heteroatoms. The molecule has 1 aliphatic carbocycles. The highest BCUT2D eigenvalue weighted by Gasteiger charge is 2.23. The van der Waals surface area contributed by atoms with Gasteiger partial charge in [-0.25, -0.2) is 0 Å². The molecule has 0 aliphatic heterocycles. The maximum Gasteiger partial charge on any atom is 0.118 e. The molecule has 0 heterocycles. The molecule has 18 heavy (non-hydrogen) atoms. The molecule has 0 bridgehead atoms. The second kappa shape index (κ2) is 6.21. The average molecular weight is 248 g/mol. The largest absolute Gasteiger partial charge is 0.497 e. The molecule has 1 aromatic carbocycles. The first-order valence-corrected chi connectivity index (χ1v) is 6.86. The number of benzene rings is 1. The number of ether oxygens (including phenoxy) is 1. The van der Waals surface area contributed by atoms with E-state index in [1.807, 2.05) is 12.1 Å². The third-order valence-electron chi connectivity index (χ3n) is 3.90. The van der Waals surface area contributed by atoms with Crippen molar-refractivity contribution >= 4 is 0 Å². The molecule has 0 radical (unpaired) electrons. The van der Waals surface area contributed by atoms with Crippen LogP contribution in [0, 0.1) is 0 Å². The van der Waals surface area contributed by atoms with Crippen LogP contribution in [0.5, 0.6) is 5.75 Å². The van der Waals surface area contributed by atoms with Crippen molar-refractivity contribution in [2.45, 2.75) is 50.7 Å². The van der Waals surface area contributed by atoms with Crippen LogP contribution in [0.15, 0.2) is 24.3 Å². The Hall–Kier alpha value is -1.06. The number of methoxy groups -OCH3 is 1. The lowest BCUT2D eigenvalue weighted by atomic mass is 9.90. The van der Waals surface area contributed by atoms with E-state index in [-0.39, 0.29) is 0 Å². The van der Waals surface area contributed by atoms with Gasteiger partial charge in [-0.3, -0.25) is 0 Å². The van der Waals surface area contributed by atoms with Gasteiger partial charge in [0.2, 0.25) is 0 Å². The molecule has 1 aliphatic rings. The lowest BCUT2D eigenvalue weighted by Crippen LogP contribution is -2.47. The van der Waals surface area contributed by atoms with Gasteiger partial charge in [-0.15, -0.1) is 0 Å². The predicted octanol–water partition coefficient (Wildman–Crippen LogP) is 2.62. The van der Waals surface area contributed by atoms with E-state index < -0.39 is 0 Å². The molecule has 0 amide bonds. The molecular weight excluding hydrogens is 224 g/mol. The standard InChI is InChI=1S/C15H24N2O/c1-11(12-7-9-13(18-2)10-8-12)17-15-6-4-3-5-14(15)16/h7-11,14-15,17H,3-6,16H2,1-2H3/t11-,14-,15-/m0/s1. The van der Waals surface area contributed by atoms with E-state index in [9.17, 15) is 0 Å². The van der Waals surface area contributed by atoms with E-state index >= 15 is 0 Å². The van der Waals surface area contributed by atoms with Gasteiger partial charge in [-0.05, 0) is 37.5 Å². The van der Waals surface area contributed by atoms with Crippen LogP contribution in [-0.4, -0.2) is 19.2 Å². The Balaban J connectivity index is 1.95. The van der Waals surface area contributed by atoms with Crippen molar-refractivity contribution in [2.75, 3.05) is 7.11 Å². The zero-order valence-corrected chi connectivity index (χ0v) is 11.4. The van der Waals surface area contributed by atoms with Crippen LogP contribution in [0.4, 0.5) is 0 Å². The summed E-state index contributed by atoms with van der Waals surface area (Å²) in [5.41, 5.74) is 7.45. The summed E-state index contributed by atoms with van der Waals surface area (Å²) in [5.74, 6) is 0.903. The Bertz CT molecular complexity index is 363. The minimum atomic E-state index is 0.305. The molecule has 100 valence electrons. The van der Waals surface area contributed by atoms with Crippen LogP contribution < -0.4 is 15.8 Å². The minimum Gasteiger partial charge on any atom is -0.497 e. The Labute approximate surface area is 110 Å². The monoisotopic (exact) mass is 248 g/mol. The SMILES string of the molecule is COc1ccc([C@H](C)N[C@H]2CCCC[C@@H]2N)cc1. The normalized spacial score (nSPS) is 25.7. The highest BCUT2D eigenvalue weighted by Crippen LogP contribution is 2.22. The summed E-state index contributed by atoms with van der Waals surface area (Å²) in [5, 5.41) is 3.66. The zero-order valence-electron chi connectivity index (χ0n) is 11.4. The first kappa shape index (κ1) is 13.4. The van der Waals surface area contributed by atoms with E-state index in [0.717, 1.165) is 12.2 Å². The van der Waals surface area contributed by atoms with Gasteiger partial charge in [0.05, 0.1) is 7.11 Å². The average Bonchev–Trinajstić information content (AvgIpc) is 2.41. The summed E-state index contributed by atoms with van der Waals surface area (Å²) in [6.45, 7) is 2.20. The van der Waals surface area contributed by atoms with Gasteiger partial charge in [-0.1, -0.05) is 25.0 Å². The van der Waals surface area contributed by atoms with Crippen molar-refractivity contribution < 1.29 is 4.74 Å². The van der Waals surface area contributed by atoms with E-state index in [4.69, 9.17) is 10.5 Å². The summed E-state index contributed by atoms with van der Waals surface area (Å²) >= 11 is 0. The maximum absolute atomic E-state index is 6.17. The van der Waals surface area contributed by atoms with E-state index in [1.165, 1.54) is 24.8 Å². The van der Waals surface area contributed by atoms with E-state index in [1.54, 1.807) is 7.11 Å². The maximum atomic E-state index is 6.17. The van der Waals surface area contributed by atoms with Crippen molar-refractivity contribution in [3.63, 3.8) is 0 Å². The van der Waals surface area contributed by atoms with Crippen LogP contribution in [0.25, 0.3) is 0 Å². The Kier molecular flexibility index (Phi) is 4.61. The van der Waals surface area contributed by atoms with Crippen LogP contribution in [-0.2, 0) is 0 Å². The summed E-state index contributed by atoms with van der Waals surface area (Å²) in [6, 6.07) is 9.35. The van der Waals surface area contributed by atoms with Crippen molar-refractivity contribution in [1.29, 1.82) is 0 Å². The van der Waals surface area contributed by atoms with E-state index in [2.05, 4.69) is 24.4 Å². The Morgan fingerprint density at radius 1 is 1.22 bits per heavy atom. The first-order valence-electron chi connectivity index (χ1n) is 6.86. The van der Waals surface area contributed by atoms with Crippen LogP contribution >= 0.6 is 0 Å². The lowest BCUT2D eigenvalue weighted by Gasteiger charge is -2.32. The highest BCUT2D eigenvalue weighted by molar-refractivity contribution is 5.28. The molecule has 0 spiro atoms. The van der Waals surface area contributed by atoms with Crippen LogP contribution in [0.2, 0.25) is 0 Å². The molecule has 3 N–H and O–H groups in total. The van der Waals surface area contributed by atoms with Crippen molar-refractivity contribution in [3.05, 3.63) is 29.8 Å². The fourth-order valence-electron chi connectivity index (χ4n) is 2.68. The quantitative estimate of drug-likeness (QED) is 0.861. The van der Waals surface area contributed by atoms with Crippen LogP contribution in [0.3, 0.4) is 0 Å². The summed E-state index contributed by atoms with van der Waals surface area (Å²) < 4.78 is 5.18. The molecular formula is C15H24N2O. The molecule has 3 nitrogen and oxygen atoms in total. The topological polar surface area (TPSA) is 47.3 Å². The second-order valence-electron chi connectivity index (χ2n) is 5.22. The number of nitrogens with two attached hydrogens (primary N) is 1. The molecule has 0 unspecified atom stereocenters. The van der Waals surface area contributed by atoms with Gasteiger partial charge in [0, 0.05) is 18.1 Å². The number of hydrogen-bond donors (Lipinski definition) is 2. The summed E-state index contributed by atoms with van der Waals surface area (Å²) in [4.78, 5) is 0. The van der Waals surface area contributed by atoms with Crippen molar-refractivity contribution in [1.82, 2.24) is 5.32 Å². The lowest BCUT2D eigenvalue weighted by molar-refractivity contribution is 0.306. The van der Waals surface area contributed by atoms with Gasteiger partial charge in [-0.2, -0.15) is 0 Å². The van der Waals surface area contributed by atoms with E-state index in [0.29, 0.717) is 18.1 Å². The van der Waals surface area contributed by atoms with Gasteiger partial charge >= 0.3 is 0 Å². The summed E-state index contributed by atoms with van der Waals surface area (Å²) in [6.07, 6.45) is 4.91. The molecule has 1 aromatic rings. The number of nitrogens with one attached hydrogen (secondary N) is 1. The van der Waals surface area contributed by atoms with Gasteiger partial charge < -0.3 is 15.8 Å². The third kappa shape index (κ3) is 3.24. The van der Waals surface area contributed by atoms with Gasteiger partial charge in [0.15, 0.2) is 0 Å². The molecule has 0 saturated heterocycles. The fourth-order valence-corrected chi connectivity index (χ4v) is 2.68.